The Morgan fingerprint density at radius 3 is 2.23 bits per heavy atom. The van der Waals surface area contributed by atoms with Gasteiger partial charge in [0.15, 0.2) is 0 Å². The topological polar surface area (TPSA) is 253 Å². The molecule has 3 aliphatic rings. The number of hydrogen-bond donors (Lipinski definition) is 10. The SMILES string of the molecule is C[C@H]1O[C@@H]([C@H]2[C@H]([C@H]3O[C@H](CN)[C@@H](O)[C@H](O)[C@H]3N)[C@@H](N)C[C@](N)(OCc3ccccc3)[C@@H]2O)[C@H](O)[C@@H](CCO)[C@@H]1O. The third kappa shape index (κ3) is 5.95. The molecule has 0 radical (unpaired) electrons. The first-order chi connectivity index (χ1) is 18.9. The van der Waals surface area contributed by atoms with Crippen molar-refractivity contribution in [1.29, 1.82) is 0 Å². The molecule has 0 unspecified atom stereocenters. The van der Waals surface area contributed by atoms with E-state index in [2.05, 4.69) is 0 Å². The predicted molar refractivity (Wildman–Crippen MR) is 143 cm³/mol. The number of benzene rings is 1. The first-order valence-corrected chi connectivity index (χ1v) is 13.9. The fourth-order valence-electron chi connectivity index (χ4n) is 6.81. The zero-order valence-corrected chi connectivity index (χ0v) is 22.7. The minimum absolute atomic E-state index is 0.0260. The van der Waals surface area contributed by atoms with Gasteiger partial charge in [0.25, 0.3) is 0 Å². The highest BCUT2D eigenvalue weighted by atomic mass is 16.5. The van der Waals surface area contributed by atoms with Gasteiger partial charge in [-0.3, -0.25) is 0 Å². The lowest BCUT2D eigenvalue weighted by Crippen LogP contribution is -2.75. The number of aliphatic hydroxyl groups is 6. The third-order valence-corrected chi connectivity index (χ3v) is 9.07. The predicted octanol–water partition coefficient (Wildman–Crippen LogP) is -3.53. The molecule has 40 heavy (non-hydrogen) atoms. The third-order valence-electron chi connectivity index (χ3n) is 9.07. The van der Waals surface area contributed by atoms with E-state index in [9.17, 15) is 30.6 Å². The molecule has 1 aromatic rings. The Morgan fingerprint density at radius 2 is 1.60 bits per heavy atom. The molecule has 3 fully saturated rings. The Morgan fingerprint density at radius 1 is 0.925 bits per heavy atom. The van der Waals surface area contributed by atoms with Crippen LogP contribution in [0.15, 0.2) is 30.3 Å². The second kappa shape index (κ2) is 12.9. The molecule has 14 N–H and O–H groups in total. The number of aliphatic hydroxyl groups excluding tert-OH is 6. The molecule has 0 bridgehead atoms. The van der Waals surface area contributed by atoms with Crippen LogP contribution in [0, 0.1) is 17.8 Å². The van der Waals surface area contributed by atoms with Crippen LogP contribution in [0.1, 0.15) is 25.3 Å². The summed E-state index contributed by atoms with van der Waals surface area (Å²) in [5.41, 5.74) is 24.8. The van der Waals surface area contributed by atoms with Crippen LogP contribution in [0.5, 0.6) is 0 Å². The van der Waals surface area contributed by atoms with E-state index in [1.165, 1.54) is 0 Å². The lowest BCUT2D eigenvalue weighted by atomic mass is 9.62. The van der Waals surface area contributed by atoms with Crippen LogP contribution in [0.3, 0.4) is 0 Å². The van der Waals surface area contributed by atoms with Gasteiger partial charge >= 0.3 is 0 Å². The maximum atomic E-state index is 11.9. The molecular weight excluding hydrogens is 524 g/mol. The fourth-order valence-corrected chi connectivity index (χ4v) is 6.81. The van der Waals surface area contributed by atoms with Crippen molar-refractivity contribution in [2.24, 2.45) is 40.7 Å². The summed E-state index contributed by atoms with van der Waals surface area (Å²) in [6, 6.07) is 7.32. The monoisotopic (exact) mass is 570 g/mol. The Labute approximate surface area is 234 Å². The summed E-state index contributed by atoms with van der Waals surface area (Å²) in [7, 11) is 0. The van der Waals surface area contributed by atoms with Crippen LogP contribution in [0.25, 0.3) is 0 Å². The van der Waals surface area contributed by atoms with Crippen LogP contribution in [-0.2, 0) is 20.8 Å². The Hall–Kier alpha value is -1.30. The normalized spacial score (nSPS) is 48.2. The Bertz CT molecular complexity index is 948. The molecule has 2 saturated heterocycles. The highest BCUT2D eigenvalue weighted by molar-refractivity contribution is 5.15. The smallest absolute Gasteiger partial charge is 0.145 e. The lowest BCUT2D eigenvalue weighted by Gasteiger charge is -2.57. The summed E-state index contributed by atoms with van der Waals surface area (Å²) in [5.74, 6) is -2.66. The largest absolute Gasteiger partial charge is 0.396 e. The van der Waals surface area contributed by atoms with Crippen LogP contribution >= 0.6 is 0 Å². The fraction of sp³-hybridized carbons (Fsp3) is 0.778. The first kappa shape index (κ1) is 31.6. The summed E-state index contributed by atoms with van der Waals surface area (Å²) in [6.07, 6.45) is -10.4. The molecule has 1 saturated carbocycles. The van der Waals surface area contributed by atoms with E-state index >= 15 is 0 Å². The summed E-state index contributed by atoms with van der Waals surface area (Å²) in [4.78, 5) is 0. The minimum Gasteiger partial charge on any atom is -0.396 e. The van der Waals surface area contributed by atoms with Gasteiger partial charge in [-0.25, -0.2) is 0 Å². The van der Waals surface area contributed by atoms with Gasteiger partial charge < -0.3 is 67.8 Å². The molecule has 0 amide bonds. The molecule has 0 spiro atoms. The summed E-state index contributed by atoms with van der Waals surface area (Å²) in [5, 5.41) is 64.9. The number of nitrogens with two attached hydrogens (primary N) is 4. The van der Waals surface area contributed by atoms with E-state index in [0.717, 1.165) is 5.56 Å². The number of hydrogen-bond acceptors (Lipinski definition) is 13. The van der Waals surface area contributed by atoms with Crippen molar-refractivity contribution < 1.29 is 44.8 Å². The van der Waals surface area contributed by atoms with Crippen molar-refractivity contribution in [1.82, 2.24) is 0 Å². The lowest BCUT2D eigenvalue weighted by molar-refractivity contribution is -0.278. The van der Waals surface area contributed by atoms with Crippen molar-refractivity contribution in [3.8, 4) is 0 Å². The van der Waals surface area contributed by atoms with Gasteiger partial charge in [0.05, 0.1) is 49.3 Å². The van der Waals surface area contributed by atoms with E-state index in [-0.39, 0.29) is 32.6 Å². The standard InChI is InChI=1S/C27H46N4O9/c1-12-20(33)14(7-8-32)21(34)25(39-12)18-17(24-19(30)23(36)22(35)16(10-28)40-24)15(29)9-27(31,26(18)37)38-11-13-5-3-2-4-6-13/h2-6,12,14-26,32-37H,7-11,28-31H2,1H3/t12-,14+,15+,16-,17-,18-,19-,20-,21-,22-,23-,24-,25+,26-,27+/m1/s1. The van der Waals surface area contributed by atoms with Gasteiger partial charge in [-0.05, 0) is 18.9 Å². The van der Waals surface area contributed by atoms with Crippen LogP contribution in [0.4, 0.5) is 0 Å². The molecule has 4 rings (SSSR count). The molecule has 2 heterocycles. The van der Waals surface area contributed by atoms with Gasteiger partial charge in [-0.15, -0.1) is 0 Å². The van der Waals surface area contributed by atoms with Crippen molar-refractivity contribution >= 4 is 0 Å². The van der Waals surface area contributed by atoms with Gasteiger partial charge in [0.1, 0.15) is 24.0 Å². The first-order valence-electron chi connectivity index (χ1n) is 13.9. The zero-order chi connectivity index (χ0) is 29.4. The van der Waals surface area contributed by atoms with Crippen LogP contribution in [-0.4, -0.2) is 117 Å². The highest BCUT2D eigenvalue weighted by Gasteiger charge is 2.61. The molecular formula is C27H46N4O9. The summed E-state index contributed by atoms with van der Waals surface area (Å²) in [6.45, 7) is 1.32. The minimum atomic E-state index is -1.67. The van der Waals surface area contributed by atoms with Gasteiger partial charge in [0, 0.05) is 43.4 Å². The Balaban J connectivity index is 1.73. The molecule has 0 aromatic heterocycles. The van der Waals surface area contributed by atoms with E-state index in [1.54, 1.807) is 6.92 Å². The van der Waals surface area contributed by atoms with Crippen molar-refractivity contribution in [3.63, 3.8) is 0 Å². The second-order valence-electron chi connectivity index (χ2n) is 11.6. The van der Waals surface area contributed by atoms with Gasteiger partial charge in [-0.1, -0.05) is 30.3 Å². The molecule has 1 aromatic carbocycles. The quantitative estimate of drug-likeness (QED) is 0.136. The maximum Gasteiger partial charge on any atom is 0.145 e. The Kier molecular flexibility index (Phi) is 10.2. The average molecular weight is 571 g/mol. The van der Waals surface area contributed by atoms with Crippen molar-refractivity contribution in [2.75, 3.05) is 13.2 Å². The van der Waals surface area contributed by atoms with Crippen molar-refractivity contribution in [3.05, 3.63) is 35.9 Å². The molecule has 228 valence electrons. The van der Waals surface area contributed by atoms with E-state index in [4.69, 9.17) is 37.1 Å². The maximum absolute atomic E-state index is 11.9. The average Bonchev–Trinajstić information content (AvgIpc) is 2.94. The summed E-state index contributed by atoms with van der Waals surface area (Å²) >= 11 is 0. The summed E-state index contributed by atoms with van der Waals surface area (Å²) < 4.78 is 18.3. The van der Waals surface area contributed by atoms with E-state index in [0.29, 0.717) is 0 Å². The van der Waals surface area contributed by atoms with Crippen molar-refractivity contribution in [2.45, 2.75) is 99.1 Å². The molecule has 13 heteroatoms. The van der Waals surface area contributed by atoms with E-state index < -0.39 is 90.5 Å². The van der Waals surface area contributed by atoms with Gasteiger partial charge in [-0.2, -0.15) is 0 Å². The molecule has 2 aliphatic heterocycles. The second-order valence-corrected chi connectivity index (χ2v) is 11.6. The van der Waals surface area contributed by atoms with E-state index in [1.807, 2.05) is 30.3 Å². The molecule has 15 atom stereocenters. The van der Waals surface area contributed by atoms with Crippen LogP contribution in [0.2, 0.25) is 0 Å². The molecule has 13 nitrogen and oxygen atoms in total. The van der Waals surface area contributed by atoms with Crippen LogP contribution < -0.4 is 22.9 Å². The van der Waals surface area contributed by atoms with Gasteiger partial charge in [0.2, 0.25) is 0 Å². The highest BCUT2D eigenvalue weighted by Crippen LogP contribution is 2.46. The molecule has 1 aliphatic carbocycles. The number of ether oxygens (including phenoxy) is 3. The number of rotatable bonds is 8. The zero-order valence-electron chi connectivity index (χ0n) is 22.7.